The van der Waals surface area contributed by atoms with Crippen LogP contribution in [0, 0.1) is 6.92 Å². The van der Waals surface area contributed by atoms with Crippen LogP contribution in [0.15, 0.2) is 64.0 Å². The van der Waals surface area contributed by atoms with Crippen LogP contribution >= 0.6 is 0 Å². The third kappa shape index (κ3) is 4.16. The number of hydrogen-bond donors (Lipinski definition) is 3. The van der Waals surface area contributed by atoms with Gasteiger partial charge in [0.1, 0.15) is 5.76 Å². The molecule has 1 atom stereocenters. The number of carbonyl (C=O) groups is 1. The number of anilines is 2. The number of nitrogens with zero attached hydrogens (tertiary/aromatic N) is 1. The van der Waals surface area contributed by atoms with E-state index in [2.05, 4.69) is 15.2 Å². The molecule has 0 saturated carbocycles. The Labute approximate surface area is 151 Å². The molecule has 0 radical (unpaired) electrons. The van der Waals surface area contributed by atoms with Gasteiger partial charge in [-0.3, -0.25) is 4.79 Å². The Bertz CT molecular complexity index is 965. The fourth-order valence-electron chi connectivity index (χ4n) is 2.40. The molecule has 1 aromatic heterocycles. The van der Waals surface area contributed by atoms with E-state index in [-0.39, 0.29) is 16.6 Å². The Hall–Kier alpha value is -2.97. The average Bonchev–Trinajstić information content (AvgIpc) is 2.99. The van der Waals surface area contributed by atoms with Gasteiger partial charge in [-0.2, -0.15) is 9.27 Å². The molecule has 3 rings (SSSR count). The molecule has 134 valence electrons. The second kappa shape index (κ2) is 7.11. The summed E-state index contributed by atoms with van der Waals surface area (Å²) in [7, 11) is -3.49. The van der Waals surface area contributed by atoms with Gasteiger partial charge in [-0.1, -0.05) is 17.3 Å². The molecule has 0 aliphatic carbocycles. The van der Waals surface area contributed by atoms with Crippen molar-refractivity contribution >= 4 is 27.8 Å². The monoisotopic (exact) mass is 372 g/mol. The van der Waals surface area contributed by atoms with Crippen molar-refractivity contribution in [2.75, 3.05) is 10.0 Å². The molecule has 0 spiro atoms. The van der Waals surface area contributed by atoms with E-state index in [0.29, 0.717) is 11.4 Å². The highest BCUT2D eigenvalue weighted by Gasteiger charge is 2.30. The summed E-state index contributed by atoms with van der Waals surface area (Å²) in [6.07, 6.45) is 0. The van der Waals surface area contributed by atoms with Gasteiger partial charge < -0.3 is 9.84 Å². The largest absolute Gasteiger partial charge is 0.359 e. The molecule has 0 saturated heterocycles. The van der Waals surface area contributed by atoms with E-state index in [1.165, 1.54) is 6.92 Å². The molecular formula is C18H18N3O4S+. The summed E-state index contributed by atoms with van der Waals surface area (Å²) in [5.41, 5.74) is 2.52. The summed E-state index contributed by atoms with van der Waals surface area (Å²) < 4.78 is 30.1. The molecule has 3 N–H and O–H groups in total. The number of hydrogen-bond acceptors (Lipinski definition) is 4. The van der Waals surface area contributed by atoms with Gasteiger partial charge in [-0.15, -0.1) is 0 Å². The maximum atomic E-state index is 12.5. The van der Waals surface area contributed by atoms with Crippen LogP contribution in [-0.4, -0.2) is 15.6 Å². The SMILES string of the molecule is CC(=O)Nc1ccc(-c2ccc([S+](=O)(O)Nc3cc(C)on3)cc2)cc1. The Morgan fingerprint density at radius 3 is 2.15 bits per heavy atom. The highest BCUT2D eigenvalue weighted by Crippen LogP contribution is 2.25. The van der Waals surface area contributed by atoms with E-state index in [1.54, 1.807) is 49.4 Å². The molecule has 8 heteroatoms. The van der Waals surface area contributed by atoms with E-state index in [1.807, 2.05) is 12.1 Å². The van der Waals surface area contributed by atoms with Crippen LogP contribution in [0.1, 0.15) is 12.7 Å². The summed E-state index contributed by atoms with van der Waals surface area (Å²) >= 11 is 0. The molecule has 3 aromatic rings. The topological polar surface area (TPSA) is 104 Å². The minimum Gasteiger partial charge on any atom is -0.359 e. The van der Waals surface area contributed by atoms with E-state index < -0.39 is 10.4 Å². The molecule has 1 heterocycles. The second-order valence-corrected chi connectivity index (χ2v) is 7.46. The van der Waals surface area contributed by atoms with Crippen molar-refractivity contribution in [1.82, 2.24) is 5.16 Å². The van der Waals surface area contributed by atoms with E-state index in [4.69, 9.17) is 4.52 Å². The van der Waals surface area contributed by atoms with E-state index in [0.717, 1.165) is 11.1 Å². The molecule has 0 bridgehead atoms. The zero-order valence-electron chi connectivity index (χ0n) is 14.2. The number of nitrogens with one attached hydrogen (secondary N) is 2. The molecule has 7 nitrogen and oxygen atoms in total. The number of carbonyl (C=O) groups excluding carboxylic acids is 1. The standard InChI is InChI=1S/C18H17N3O4S/c1-12-11-18(20-25-12)21-26(23,24)17-9-5-15(6-10-17)14-3-7-16(8-4-14)19-13(2)22/h3-11H,1-2H3,(H2-,19,20,21,22,23,24)/p+1. The lowest BCUT2D eigenvalue weighted by atomic mass is 10.1. The van der Waals surface area contributed by atoms with Crippen LogP contribution in [-0.2, 0) is 19.4 Å². The average molecular weight is 372 g/mol. The zero-order valence-corrected chi connectivity index (χ0v) is 15.0. The summed E-state index contributed by atoms with van der Waals surface area (Å²) in [5.74, 6) is 0.614. The van der Waals surface area contributed by atoms with Gasteiger partial charge >= 0.3 is 10.4 Å². The summed E-state index contributed by atoms with van der Waals surface area (Å²) in [4.78, 5) is 11.3. The van der Waals surface area contributed by atoms with Crippen LogP contribution in [0.25, 0.3) is 11.1 Å². The molecule has 2 aromatic carbocycles. The van der Waals surface area contributed by atoms with Gasteiger partial charge in [0.25, 0.3) is 0 Å². The highest BCUT2D eigenvalue weighted by molar-refractivity contribution is 7.99. The molecule has 26 heavy (non-hydrogen) atoms. The number of benzene rings is 2. The Morgan fingerprint density at radius 2 is 1.65 bits per heavy atom. The van der Waals surface area contributed by atoms with Gasteiger partial charge in [0.2, 0.25) is 16.6 Å². The molecule has 0 aliphatic heterocycles. The minimum atomic E-state index is -3.49. The van der Waals surface area contributed by atoms with Crippen molar-refractivity contribution < 1.29 is 18.1 Å². The van der Waals surface area contributed by atoms with E-state index in [9.17, 15) is 13.6 Å². The van der Waals surface area contributed by atoms with Crippen LogP contribution in [0.4, 0.5) is 11.5 Å². The van der Waals surface area contributed by atoms with Crippen molar-refractivity contribution in [2.24, 2.45) is 0 Å². The third-order valence-corrected chi connectivity index (χ3v) is 4.98. The maximum absolute atomic E-state index is 12.5. The molecule has 1 unspecified atom stereocenters. The first-order valence-electron chi connectivity index (χ1n) is 7.79. The minimum absolute atomic E-state index is 0.130. The quantitative estimate of drug-likeness (QED) is 0.588. The first-order chi connectivity index (χ1) is 12.3. The van der Waals surface area contributed by atoms with Gasteiger partial charge in [0.15, 0.2) is 0 Å². The highest BCUT2D eigenvalue weighted by atomic mass is 32.3. The van der Waals surface area contributed by atoms with Crippen LogP contribution in [0.5, 0.6) is 0 Å². The lowest BCUT2D eigenvalue weighted by molar-refractivity contribution is -0.114. The first kappa shape index (κ1) is 17.8. The fraction of sp³-hybridized carbons (Fsp3) is 0.111. The summed E-state index contributed by atoms with van der Waals surface area (Å²) in [6, 6.07) is 15.6. The Balaban J connectivity index is 1.77. The van der Waals surface area contributed by atoms with Crippen molar-refractivity contribution in [1.29, 1.82) is 0 Å². The van der Waals surface area contributed by atoms with Crippen LogP contribution < -0.4 is 10.0 Å². The summed E-state index contributed by atoms with van der Waals surface area (Å²) in [5, 5.41) is 6.37. The van der Waals surface area contributed by atoms with Crippen LogP contribution in [0.2, 0.25) is 0 Å². The van der Waals surface area contributed by atoms with Gasteiger partial charge in [0, 0.05) is 18.7 Å². The maximum Gasteiger partial charge on any atom is 0.347 e. The normalized spacial score (nSPS) is 13.0. The van der Waals surface area contributed by atoms with Crippen molar-refractivity contribution in [2.45, 2.75) is 18.7 Å². The van der Waals surface area contributed by atoms with Crippen LogP contribution in [0.3, 0.4) is 0 Å². The fourth-order valence-corrected chi connectivity index (χ4v) is 3.40. The second-order valence-electron chi connectivity index (χ2n) is 5.73. The van der Waals surface area contributed by atoms with Gasteiger partial charge in [-0.25, -0.2) is 0 Å². The van der Waals surface area contributed by atoms with E-state index >= 15 is 0 Å². The van der Waals surface area contributed by atoms with Crippen molar-refractivity contribution in [3.05, 3.63) is 60.4 Å². The van der Waals surface area contributed by atoms with Crippen molar-refractivity contribution in [3.8, 4) is 11.1 Å². The molecule has 1 amide bonds. The van der Waals surface area contributed by atoms with Crippen molar-refractivity contribution in [3.63, 3.8) is 0 Å². The number of aryl methyl sites for hydroxylation is 1. The Kier molecular flexibility index (Phi) is 4.88. The number of rotatable bonds is 5. The number of amides is 1. The molecule has 0 aliphatic rings. The third-order valence-electron chi connectivity index (χ3n) is 3.58. The van der Waals surface area contributed by atoms with Gasteiger partial charge in [0.05, 0.1) is 0 Å². The molecular weight excluding hydrogens is 354 g/mol. The lowest BCUT2D eigenvalue weighted by Crippen LogP contribution is -2.20. The lowest BCUT2D eigenvalue weighted by Gasteiger charge is -2.07. The Morgan fingerprint density at radius 1 is 1.08 bits per heavy atom. The summed E-state index contributed by atoms with van der Waals surface area (Å²) in [6.45, 7) is 3.15. The van der Waals surface area contributed by atoms with Gasteiger partial charge in [-0.05, 0) is 58.7 Å². The number of aromatic nitrogens is 1. The predicted molar refractivity (Wildman–Crippen MR) is 100.0 cm³/mol. The zero-order chi connectivity index (χ0) is 18.7. The molecule has 0 fully saturated rings. The first-order valence-corrected chi connectivity index (χ1v) is 9.31. The predicted octanol–water partition coefficient (Wildman–Crippen LogP) is 3.97. The smallest absolute Gasteiger partial charge is 0.347 e.